The second kappa shape index (κ2) is 6.44. The molecule has 0 spiro atoms. The number of hydrogen-bond donors (Lipinski definition) is 2. The van der Waals surface area contributed by atoms with Crippen molar-refractivity contribution in [3.8, 4) is 0 Å². The molecule has 1 aliphatic carbocycles. The van der Waals surface area contributed by atoms with E-state index in [1.54, 1.807) is 0 Å². The molecule has 0 unspecified atom stereocenters. The van der Waals surface area contributed by atoms with Crippen LogP contribution in [-0.4, -0.2) is 16.1 Å². The van der Waals surface area contributed by atoms with E-state index in [9.17, 15) is 9.90 Å². The zero-order valence-electron chi connectivity index (χ0n) is 13.2. The van der Waals surface area contributed by atoms with Crippen LogP contribution >= 0.6 is 11.3 Å². The van der Waals surface area contributed by atoms with Gasteiger partial charge in [-0.05, 0) is 43.9 Å². The van der Waals surface area contributed by atoms with E-state index in [0.717, 1.165) is 36.6 Å². The fourth-order valence-electron chi connectivity index (χ4n) is 3.07. The van der Waals surface area contributed by atoms with Gasteiger partial charge in [0.2, 0.25) is 0 Å². The lowest BCUT2D eigenvalue weighted by molar-refractivity contribution is 0.0700. The number of carbonyl (C=O) groups is 1. The number of carboxylic acid groups (broad SMARTS) is 1. The van der Waals surface area contributed by atoms with Crippen LogP contribution in [0.5, 0.6) is 0 Å². The summed E-state index contributed by atoms with van der Waals surface area (Å²) in [5.74, 6) is 0.276. The summed E-state index contributed by atoms with van der Waals surface area (Å²) in [5, 5.41) is 10.2. The fourth-order valence-corrected chi connectivity index (χ4v) is 4.16. The molecule has 0 atom stereocenters. The zero-order valence-corrected chi connectivity index (χ0v) is 14.0. The van der Waals surface area contributed by atoms with Crippen molar-refractivity contribution in [2.24, 2.45) is 17.6 Å². The van der Waals surface area contributed by atoms with Gasteiger partial charge in [0, 0.05) is 0 Å². The highest BCUT2D eigenvalue weighted by Gasteiger charge is 2.36. The van der Waals surface area contributed by atoms with Gasteiger partial charge in [0.25, 0.3) is 0 Å². The molecule has 0 saturated heterocycles. The molecule has 118 valence electrons. The van der Waals surface area contributed by atoms with Gasteiger partial charge in [-0.2, -0.15) is 0 Å². The standard InChI is InChI=1S/C16H26N2O2S/c1-4-11-5-7-16(17,8-6-11)15-18-12(9-10(2)3)13(21-15)14(19)20/h10-11H,4-9,17H2,1-3H3,(H,19,20). The van der Waals surface area contributed by atoms with Crippen LogP contribution < -0.4 is 5.73 Å². The normalized spacial score (nSPS) is 26.2. The lowest BCUT2D eigenvalue weighted by Crippen LogP contribution is -2.40. The highest BCUT2D eigenvalue weighted by Crippen LogP contribution is 2.41. The van der Waals surface area contributed by atoms with E-state index in [-0.39, 0.29) is 0 Å². The molecule has 21 heavy (non-hydrogen) atoms. The van der Waals surface area contributed by atoms with E-state index in [0.29, 0.717) is 22.9 Å². The van der Waals surface area contributed by atoms with E-state index in [2.05, 4.69) is 25.8 Å². The van der Waals surface area contributed by atoms with Crippen molar-refractivity contribution in [2.45, 2.75) is 64.8 Å². The number of rotatable bonds is 5. The van der Waals surface area contributed by atoms with Crippen LogP contribution in [0.2, 0.25) is 0 Å². The number of nitrogens with zero attached hydrogens (tertiary/aromatic N) is 1. The summed E-state index contributed by atoms with van der Waals surface area (Å²) in [6.45, 7) is 6.38. The van der Waals surface area contributed by atoms with Crippen molar-refractivity contribution < 1.29 is 9.90 Å². The van der Waals surface area contributed by atoms with Crippen molar-refractivity contribution >= 4 is 17.3 Å². The second-order valence-electron chi connectivity index (χ2n) is 6.71. The topological polar surface area (TPSA) is 76.2 Å². The maximum atomic E-state index is 11.4. The molecule has 0 aromatic carbocycles. The van der Waals surface area contributed by atoms with E-state index in [4.69, 9.17) is 5.73 Å². The van der Waals surface area contributed by atoms with Crippen LogP contribution in [0.15, 0.2) is 0 Å². The Morgan fingerprint density at radius 2 is 2.10 bits per heavy atom. The highest BCUT2D eigenvalue weighted by atomic mass is 32.1. The van der Waals surface area contributed by atoms with E-state index < -0.39 is 11.5 Å². The van der Waals surface area contributed by atoms with Gasteiger partial charge in [0.05, 0.1) is 11.2 Å². The smallest absolute Gasteiger partial charge is 0.347 e. The first-order chi connectivity index (χ1) is 9.85. The van der Waals surface area contributed by atoms with Crippen LogP contribution in [0.4, 0.5) is 0 Å². The minimum absolute atomic E-state index is 0.376. The molecule has 1 aliphatic rings. The highest BCUT2D eigenvalue weighted by molar-refractivity contribution is 7.13. The summed E-state index contributed by atoms with van der Waals surface area (Å²) in [4.78, 5) is 16.4. The van der Waals surface area contributed by atoms with Gasteiger partial charge in [0.15, 0.2) is 0 Å². The first kappa shape index (κ1) is 16.4. The van der Waals surface area contributed by atoms with Crippen molar-refractivity contribution in [1.29, 1.82) is 0 Å². The molecule has 0 radical (unpaired) electrons. The van der Waals surface area contributed by atoms with Crippen molar-refractivity contribution in [1.82, 2.24) is 4.98 Å². The Hall–Kier alpha value is -0.940. The van der Waals surface area contributed by atoms with Gasteiger partial charge in [-0.15, -0.1) is 11.3 Å². The quantitative estimate of drug-likeness (QED) is 0.867. The van der Waals surface area contributed by atoms with E-state index in [1.165, 1.54) is 17.8 Å². The molecule has 1 aromatic rings. The molecule has 3 N–H and O–H groups in total. The van der Waals surface area contributed by atoms with Crippen molar-refractivity contribution in [3.05, 3.63) is 15.6 Å². The summed E-state index contributed by atoms with van der Waals surface area (Å²) in [7, 11) is 0. The van der Waals surface area contributed by atoms with Crippen LogP contribution in [0, 0.1) is 11.8 Å². The van der Waals surface area contributed by atoms with Gasteiger partial charge in [0.1, 0.15) is 9.88 Å². The Balaban J connectivity index is 2.25. The van der Waals surface area contributed by atoms with E-state index in [1.807, 2.05) is 0 Å². The summed E-state index contributed by atoms with van der Waals surface area (Å²) in [6.07, 6.45) is 5.97. The summed E-state index contributed by atoms with van der Waals surface area (Å²) >= 11 is 1.29. The lowest BCUT2D eigenvalue weighted by atomic mass is 9.76. The maximum absolute atomic E-state index is 11.4. The van der Waals surface area contributed by atoms with Gasteiger partial charge in [-0.1, -0.05) is 27.2 Å². The molecule has 0 aliphatic heterocycles. The number of nitrogens with two attached hydrogens (primary N) is 1. The van der Waals surface area contributed by atoms with Crippen LogP contribution in [0.25, 0.3) is 0 Å². The molecule has 1 saturated carbocycles. The second-order valence-corrected chi connectivity index (χ2v) is 7.70. The van der Waals surface area contributed by atoms with Gasteiger partial charge >= 0.3 is 5.97 Å². The third kappa shape index (κ3) is 3.64. The SMILES string of the molecule is CCC1CCC(N)(c2nc(CC(C)C)c(C(=O)O)s2)CC1. The number of thiazole rings is 1. The fraction of sp³-hybridized carbons (Fsp3) is 0.750. The third-order valence-electron chi connectivity index (χ3n) is 4.49. The Kier molecular flexibility index (Phi) is 5.04. The summed E-state index contributed by atoms with van der Waals surface area (Å²) < 4.78 is 0. The van der Waals surface area contributed by atoms with Gasteiger partial charge in [-0.25, -0.2) is 9.78 Å². The molecular formula is C16H26N2O2S. The summed E-state index contributed by atoms with van der Waals surface area (Å²) in [6, 6.07) is 0. The number of carboxylic acids is 1. The van der Waals surface area contributed by atoms with Crippen LogP contribution in [0.3, 0.4) is 0 Å². The Labute approximate surface area is 130 Å². The molecule has 0 amide bonds. The predicted octanol–water partition coefficient (Wildman–Crippen LogP) is 3.79. The molecule has 1 heterocycles. The lowest BCUT2D eigenvalue weighted by Gasteiger charge is -2.35. The largest absolute Gasteiger partial charge is 0.477 e. The Morgan fingerprint density at radius 1 is 1.48 bits per heavy atom. The molecule has 0 bridgehead atoms. The first-order valence-electron chi connectivity index (χ1n) is 7.88. The Bertz CT molecular complexity index is 502. The Morgan fingerprint density at radius 3 is 2.57 bits per heavy atom. The van der Waals surface area contributed by atoms with Crippen LogP contribution in [-0.2, 0) is 12.0 Å². The van der Waals surface area contributed by atoms with Gasteiger partial charge < -0.3 is 10.8 Å². The van der Waals surface area contributed by atoms with E-state index >= 15 is 0 Å². The van der Waals surface area contributed by atoms with Crippen LogP contribution in [0.1, 0.15) is 73.2 Å². The van der Waals surface area contributed by atoms with Crippen molar-refractivity contribution in [2.75, 3.05) is 0 Å². The minimum atomic E-state index is -0.875. The summed E-state index contributed by atoms with van der Waals surface area (Å²) in [5.41, 5.74) is 6.85. The third-order valence-corrected chi connectivity index (χ3v) is 5.80. The first-order valence-corrected chi connectivity index (χ1v) is 8.69. The predicted molar refractivity (Wildman–Crippen MR) is 85.7 cm³/mol. The van der Waals surface area contributed by atoms with Crippen molar-refractivity contribution in [3.63, 3.8) is 0 Å². The average molecular weight is 310 g/mol. The molecule has 2 rings (SSSR count). The minimum Gasteiger partial charge on any atom is -0.477 e. The molecule has 5 heteroatoms. The number of hydrogen-bond acceptors (Lipinski definition) is 4. The molecule has 1 aromatic heterocycles. The number of aromatic carboxylic acids is 1. The molecular weight excluding hydrogens is 284 g/mol. The monoisotopic (exact) mass is 310 g/mol. The van der Waals surface area contributed by atoms with Gasteiger partial charge in [-0.3, -0.25) is 0 Å². The number of aromatic nitrogens is 1. The molecule has 4 nitrogen and oxygen atoms in total. The maximum Gasteiger partial charge on any atom is 0.347 e. The average Bonchev–Trinajstić information content (AvgIpc) is 2.83. The zero-order chi connectivity index (χ0) is 15.6. The molecule has 1 fully saturated rings.